The van der Waals surface area contributed by atoms with Crippen molar-refractivity contribution in [3.8, 4) is 0 Å². The lowest BCUT2D eigenvalue weighted by atomic mass is 9.82. The zero-order chi connectivity index (χ0) is 7.61. The average Bonchev–Trinajstić information content (AvgIpc) is 2.36. The highest BCUT2D eigenvalue weighted by Crippen LogP contribution is 2.40. The van der Waals surface area contributed by atoms with Gasteiger partial charge in [-0.3, -0.25) is 0 Å². The Morgan fingerprint density at radius 3 is 2.20 bits per heavy atom. The molecule has 0 saturated heterocycles. The number of hydrogen-bond acceptors (Lipinski definition) is 1. The molecule has 0 aromatic carbocycles. The van der Waals surface area contributed by atoms with E-state index in [0.717, 1.165) is 0 Å². The van der Waals surface area contributed by atoms with Crippen LogP contribution in [0.1, 0.15) is 39.5 Å². The predicted octanol–water partition coefficient (Wildman–Crippen LogP) is 2.17. The fourth-order valence-corrected chi connectivity index (χ4v) is 1.96. The molecule has 1 atom stereocenters. The molecule has 0 spiro atoms. The van der Waals surface area contributed by atoms with Crippen LogP contribution in [0.2, 0.25) is 0 Å². The van der Waals surface area contributed by atoms with Gasteiger partial charge in [0, 0.05) is 6.04 Å². The average molecular weight is 141 g/mol. The van der Waals surface area contributed by atoms with E-state index in [4.69, 9.17) is 0 Å². The molecule has 1 heteroatoms. The first kappa shape index (κ1) is 8.06. The molecular weight excluding hydrogens is 122 g/mol. The van der Waals surface area contributed by atoms with Gasteiger partial charge in [-0.25, -0.2) is 0 Å². The minimum atomic E-state index is 0.592. The van der Waals surface area contributed by atoms with Gasteiger partial charge < -0.3 is 5.32 Å². The third-order valence-electron chi connectivity index (χ3n) is 3.22. The predicted molar refractivity (Wildman–Crippen MR) is 45.1 cm³/mol. The van der Waals surface area contributed by atoms with Gasteiger partial charge in [-0.2, -0.15) is 0 Å². The largest absolute Gasteiger partial charge is 0.317 e. The Hall–Kier alpha value is -0.0400. The summed E-state index contributed by atoms with van der Waals surface area (Å²) in [5.41, 5.74) is 0.592. The van der Waals surface area contributed by atoms with Crippen molar-refractivity contribution in [3.05, 3.63) is 0 Å². The highest BCUT2D eigenvalue weighted by Gasteiger charge is 2.32. The summed E-state index contributed by atoms with van der Waals surface area (Å²) in [4.78, 5) is 0. The molecule has 10 heavy (non-hydrogen) atoms. The molecule has 1 rings (SSSR count). The third-order valence-corrected chi connectivity index (χ3v) is 3.22. The molecule has 60 valence electrons. The van der Waals surface area contributed by atoms with E-state index in [1.54, 1.807) is 0 Å². The summed E-state index contributed by atoms with van der Waals surface area (Å²) in [7, 11) is 2.06. The van der Waals surface area contributed by atoms with E-state index in [9.17, 15) is 0 Å². The van der Waals surface area contributed by atoms with Gasteiger partial charge >= 0.3 is 0 Å². The van der Waals surface area contributed by atoms with Crippen molar-refractivity contribution in [1.82, 2.24) is 5.32 Å². The molecule has 0 radical (unpaired) electrons. The van der Waals surface area contributed by atoms with E-state index in [1.165, 1.54) is 25.7 Å². The van der Waals surface area contributed by atoms with Crippen molar-refractivity contribution in [2.75, 3.05) is 7.05 Å². The molecule has 0 aliphatic heterocycles. The Morgan fingerprint density at radius 2 is 1.80 bits per heavy atom. The van der Waals surface area contributed by atoms with E-state index in [2.05, 4.69) is 26.2 Å². The summed E-state index contributed by atoms with van der Waals surface area (Å²) in [5, 5.41) is 3.35. The second kappa shape index (κ2) is 2.91. The van der Waals surface area contributed by atoms with Gasteiger partial charge in [0.1, 0.15) is 0 Å². The van der Waals surface area contributed by atoms with E-state index >= 15 is 0 Å². The van der Waals surface area contributed by atoms with Crippen LogP contribution in [0.5, 0.6) is 0 Å². The summed E-state index contributed by atoms with van der Waals surface area (Å²) < 4.78 is 0. The molecule has 0 bridgehead atoms. The Bertz CT molecular complexity index is 103. The van der Waals surface area contributed by atoms with Crippen molar-refractivity contribution in [2.45, 2.75) is 45.6 Å². The number of rotatable bonds is 2. The first-order valence-corrected chi connectivity index (χ1v) is 4.36. The maximum Gasteiger partial charge on any atom is 0.00895 e. The van der Waals surface area contributed by atoms with Gasteiger partial charge in [0.25, 0.3) is 0 Å². The second-order valence-corrected chi connectivity index (χ2v) is 3.87. The summed E-state index contributed by atoms with van der Waals surface area (Å²) in [6, 6.07) is 0.690. The maximum absolute atomic E-state index is 3.35. The van der Waals surface area contributed by atoms with Gasteiger partial charge in [-0.1, -0.05) is 19.8 Å². The van der Waals surface area contributed by atoms with Gasteiger partial charge in [-0.05, 0) is 32.2 Å². The van der Waals surface area contributed by atoms with Crippen LogP contribution in [0, 0.1) is 5.41 Å². The summed E-state index contributed by atoms with van der Waals surface area (Å²) in [6.07, 6.45) is 5.69. The Balaban J connectivity index is 2.49. The first-order chi connectivity index (χ1) is 4.69. The summed E-state index contributed by atoms with van der Waals surface area (Å²) >= 11 is 0. The molecule has 1 saturated carbocycles. The maximum atomic E-state index is 3.35. The first-order valence-electron chi connectivity index (χ1n) is 4.36. The van der Waals surface area contributed by atoms with Crippen LogP contribution in [0.25, 0.3) is 0 Å². The topological polar surface area (TPSA) is 12.0 Å². The summed E-state index contributed by atoms with van der Waals surface area (Å²) in [5.74, 6) is 0. The minimum absolute atomic E-state index is 0.592. The van der Waals surface area contributed by atoms with Crippen LogP contribution in [0.4, 0.5) is 0 Å². The quantitative estimate of drug-likeness (QED) is 0.621. The van der Waals surface area contributed by atoms with Crippen LogP contribution in [0.15, 0.2) is 0 Å². The molecule has 0 heterocycles. The lowest BCUT2D eigenvalue weighted by Crippen LogP contribution is -2.37. The molecule has 1 aliphatic rings. The molecular formula is C9H19N. The Morgan fingerprint density at radius 1 is 1.30 bits per heavy atom. The fraction of sp³-hybridized carbons (Fsp3) is 1.00. The third kappa shape index (κ3) is 1.34. The monoisotopic (exact) mass is 141 g/mol. The molecule has 1 fully saturated rings. The van der Waals surface area contributed by atoms with Crippen molar-refractivity contribution in [3.63, 3.8) is 0 Å². The summed E-state index contributed by atoms with van der Waals surface area (Å²) in [6.45, 7) is 4.70. The second-order valence-electron chi connectivity index (χ2n) is 3.87. The van der Waals surface area contributed by atoms with Crippen molar-refractivity contribution < 1.29 is 0 Å². The van der Waals surface area contributed by atoms with Crippen molar-refractivity contribution in [2.24, 2.45) is 5.41 Å². The molecule has 0 aromatic heterocycles. The fourth-order valence-electron chi connectivity index (χ4n) is 1.96. The SMILES string of the molecule is CNC(C)C1(C)CCCC1. The molecule has 0 amide bonds. The molecule has 0 aromatic rings. The normalized spacial score (nSPS) is 26.7. The molecule has 1 nitrogen and oxygen atoms in total. The van der Waals surface area contributed by atoms with E-state index in [-0.39, 0.29) is 0 Å². The lowest BCUT2D eigenvalue weighted by Gasteiger charge is -2.30. The van der Waals surface area contributed by atoms with Gasteiger partial charge in [0.05, 0.1) is 0 Å². The van der Waals surface area contributed by atoms with E-state index < -0.39 is 0 Å². The van der Waals surface area contributed by atoms with Crippen LogP contribution < -0.4 is 5.32 Å². The smallest absolute Gasteiger partial charge is 0.00895 e. The van der Waals surface area contributed by atoms with Gasteiger partial charge in [0.15, 0.2) is 0 Å². The van der Waals surface area contributed by atoms with E-state index in [0.29, 0.717) is 11.5 Å². The molecule has 1 N–H and O–H groups in total. The zero-order valence-corrected chi connectivity index (χ0v) is 7.41. The number of hydrogen-bond donors (Lipinski definition) is 1. The molecule has 1 aliphatic carbocycles. The lowest BCUT2D eigenvalue weighted by molar-refractivity contribution is 0.246. The minimum Gasteiger partial charge on any atom is -0.317 e. The highest BCUT2D eigenvalue weighted by atomic mass is 14.9. The Labute approximate surface area is 64.2 Å². The standard InChI is InChI=1S/C9H19N/c1-8(10-3)9(2)6-4-5-7-9/h8,10H,4-7H2,1-3H3. The van der Waals surface area contributed by atoms with Crippen molar-refractivity contribution >= 4 is 0 Å². The number of nitrogens with one attached hydrogen (secondary N) is 1. The van der Waals surface area contributed by atoms with Gasteiger partial charge in [-0.15, -0.1) is 0 Å². The zero-order valence-electron chi connectivity index (χ0n) is 7.41. The highest BCUT2D eigenvalue weighted by molar-refractivity contribution is 4.87. The van der Waals surface area contributed by atoms with Crippen molar-refractivity contribution in [1.29, 1.82) is 0 Å². The Kier molecular flexibility index (Phi) is 2.35. The molecule has 1 unspecified atom stereocenters. The van der Waals surface area contributed by atoms with Crippen LogP contribution in [-0.4, -0.2) is 13.1 Å². The van der Waals surface area contributed by atoms with Gasteiger partial charge in [0.2, 0.25) is 0 Å². The van der Waals surface area contributed by atoms with Crippen LogP contribution in [-0.2, 0) is 0 Å². The van der Waals surface area contributed by atoms with Crippen LogP contribution in [0.3, 0.4) is 0 Å². The van der Waals surface area contributed by atoms with Crippen LogP contribution >= 0.6 is 0 Å². The van der Waals surface area contributed by atoms with E-state index in [1.807, 2.05) is 0 Å².